The molecular formula is C14H21NO3S. The molecule has 2 N–H and O–H groups in total. The van der Waals surface area contributed by atoms with Crippen LogP contribution in [0.15, 0.2) is 24.3 Å². The Kier molecular flexibility index (Phi) is 3.99. The van der Waals surface area contributed by atoms with E-state index in [9.17, 15) is 8.42 Å². The molecule has 1 fully saturated rings. The molecule has 1 saturated carbocycles. The van der Waals surface area contributed by atoms with E-state index in [-0.39, 0.29) is 17.9 Å². The number of sulfonamides is 1. The fourth-order valence-corrected chi connectivity index (χ4v) is 4.02. The van der Waals surface area contributed by atoms with Gasteiger partial charge in [-0.25, -0.2) is 13.1 Å². The molecule has 1 aliphatic rings. The zero-order chi connectivity index (χ0) is 14.1. The molecular weight excluding hydrogens is 262 g/mol. The Morgan fingerprint density at radius 2 is 1.95 bits per heavy atom. The second kappa shape index (κ2) is 5.23. The molecule has 0 bridgehead atoms. The van der Waals surface area contributed by atoms with Crippen LogP contribution in [0.1, 0.15) is 37.8 Å². The molecule has 0 radical (unpaired) electrons. The van der Waals surface area contributed by atoms with Crippen molar-refractivity contribution < 1.29 is 13.5 Å². The van der Waals surface area contributed by atoms with Crippen LogP contribution in [0.5, 0.6) is 0 Å². The smallest absolute Gasteiger partial charge is 0.216 e. The number of hydrogen-bond acceptors (Lipinski definition) is 3. The Hall–Kier alpha value is -0.910. The van der Waals surface area contributed by atoms with Crippen LogP contribution in [0.2, 0.25) is 0 Å². The lowest BCUT2D eigenvalue weighted by Crippen LogP contribution is -2.45. The van der Waals surface area contributed by atoms with E-state index in [4.69, 9.17) is 5.11 Å². The summed E-state index contributed by atoms with van der Waals surface area (Å²) in [5.41, 5.74) is 1.06. The minimum Gasteiger partial charge on any atom is -0.392 e. The molecule has 0 atom stereocenters. The molecule has 0 spiro atoms. The molecule has 0 unspecified atom stereocenters. The van der Waals surface area contributed by atoms with Crippen molar-refractivity contribution in [2.24, 2.45) is 5.92 Å². The highest BCUT2D eigenvalue weighted by Gasteiger charge is 2.40. The van der Waals surface area contributed by atoms with Crippen LogP contribution in [0.25, 0.3) is 0 Å². The molecule has 0 aromatic heterocycles. The summed E-state index contributed by atoms with van der Waals surface area (Å²) in [7, 11) is -3.35. The summed E-state index contributed by atoms with van der Waals surface area (Å²) in [6, 6.07) is 7.03. The fraction of sp³-hybridized carbons (Fsp3) is 0.571. The number of hydrogen-bond donors (Lipinski definition) is 2. The van der Waals surface area contributed by atoms with Gasteiger partial charge in [0.25, 0.3) is 0 Å². The lowest BCUT2D eigenvalue weighted by molar-refractivity contribution is 0.281. The maximum atomic E-state index is 12.2. The van der Waals surface area contributed by atoms with Crippen molar-refractivity contribution in [1.29, 1.82) is 0 Å². The summed E-state index contributed by atoms with van der Waals surface area (Å²) in [6.07, 6.45) is 2.19. The molecule has 4 nitrogen and oxygen atoms in total. The van der Waals surface area contributed by atoms with Gasteiger partial charge in [-0.2, -0.15) is 0 Å². The van der Waals surface area contributed by atoms with E-state index in [0.717, 1.165) is 18.4 Å². The van der Waals surface area contributed by atoms with Gasteiger partial charge < -0.3 is 5.11 Å². The van der Waals surface area contributed by atoms with Crippen LogP contribution in [0.4, 0.5) is 0 Å². The van der Waals surface area contributed by atoms with E-state index in [1.807, 2.05) is 13.8 Å². The van der Waals surface area contributed by atoms with Crippen molar-refractivity contribution in [3.63, 3.8) is 0 Å². The molecule has 1 aliphatic carbocycles. The molecule has 0 saturated heterocycles. The average Bonchev–Trinajstić information content (AvgIpc) is 3.10. The highest BCUT2D eigenvalue weighted by molar-refractivity contribution is 7.88. The van der Waals surface area contributed by atoms with Gasteiger partial charge >= 0.3 is 0 Å². The molecule has 1 aromatic carbocycles. The molecule has 19 heavy (non-hydrogen) atoms. The summed E-state index contributed by atoms with van der Waals surface area (Å²) < 4.78 is 27.1. The third kappa shape index (κ3) is 4.03. The van der Waals surface area contributed by atoms with Crippen molar-refractivity contribution in [3.8, 4) is 0 Å². The van der Waals surface area contributed by atoms with Gasteiger partial charge in [-0.1, -0.05) is 24.3 Å². The standard InChI is InChI=1S/C14H21NO3S/c1-14(2,13-6-7-13)15-19(17,18)10-12-5-3-4-11(8-12)9-16/h3-5,8,13,15-16H,6-7,9-10H2,1-2H3. The first kappa shape index (κ1) is 14.5. The van der Waals surface area contributed by atoms with Crippen molar-refractivity contribution in [2.45, 2.75) is 44.6 Å². The Morgan fingerprint density at radius 1 is 1.32 bits per heavy atom. The second-order valence-corrected chi connectivity index (χ2v) is 7.56. The highest BCUT2D eigenvalue weighted by atomic mass is 32.2. The van der Waals surface area contributed by atoms with Gasteiger partial charge in [0.1, 0.15) is 0 Å². The van der Waals surface area contributed by atoms with Crippen LogP contribution in [0.3, 0.4) is 0 Å². The lowest BCUT2D eigenvalue weighted by Gasteiger charge is -2.25. The third-order valence-corrected chi connectivity index (χ3v) is 5.10. The van der Waals surface area contributed by atoms with E-state index < -0.39 is 10.0 Å². The van der Waals surface area contributed by atoms with Crippen LogP contribution < -0.4 is 4.72 Å². The zero-order valence-corrected chi connectivity index (χ0v) is 12.2. The topological polar surface area (TPSA) is 66.4 Å². The first-order valence-corrected chi connectivity index (χ1v) is 8.18. The van der Waals surface area contributed by atoms with Crippen LogP contribution >= 0.6 is 0 Å². The van der Waals surface area contributed by atoms with Crippen molar-refractivity contribution in [3.05, 3.63) is 35.4 Å². The highest BCUT2D eigenvalue weighted by Crippen LogP contribution is 2.39. The Labute approximate surface area is 114 Å². The average molecular weight is 283 g/mol. The quantitative estimate of drug-likeness (QED) is 0.836. The molecule has 2 rings (SSSR count). The van der Waals surface area contributed by atoms with Gasteiger partial charge in [-0.15, -0.1) is 0 Å². The van der Waals surface area contributed by atoms with Crippen LogP contribution in [-0.4, -0.2) is 19.1 Å². The molecule has 0 aliphatic heterocycles. The largest absolute Gasteiger partial charge is 0.392 e. The Bertz CT molecular complexity index is 548. The fourth-order valence-electron chi connectivity index (χ4n) is 2.36. The minimum atomic E-state index is -3.35. The molecule has 5 heteroatoms. The van der Waals surface area contributed by atoms with Gasteiger partial charge in [0.15, 0.2) is 0 Å². The van der Waals surface area contributed by atoms with Crippen LogP contribution in [0, 0.1) is 5.92 Å². The van der Waals surface area contributed by atoms with E-state index in [1.165, 1.54) is 0 Å². The summed E-state index contributed by atoms with van der Waals surface area (Å²) >= 11 is 0. The number of aliphatic hydroxyl groups excluding tert-OH is 1. The lowest BCUT2D eigenvalue weighted by atomic mass is 10.0. The number of aliphatic hydroxyl groups is 1. The SMILES string of the molecule is CC(C)(NS(=O)(=O)Cc1cccc(CO)c1)C1CC1. The molecule has 106 valence electrons. The normalized spacial score (nSPS) is 16.6. The Morgan fingerprint density at radius 3 is 2.53 bits per heavy atom. The van der Waals surface area contributed by atoms with E-state index in [2.05, 4.69) is 4.72 Å². The summed E-state index contributed by atoms with van der Waals surface area (Å²) in [6.45, 7) is 3.80. The van der Waals surface area contributed by atoms with Crippen molar-refractivity contribution in [1.82, 2.24) is 4.72 Å². The van der Waals surface area contributed by atoms with E-state index >= 15 is 0 Å². The summed E-state index contributed by atoms with van der Waals surface area (Å²) in [4.78, 5) is 0. The molecule has 0 heterocycles. The van der Waals surface area contributed by atoms with Gasteiger partial charge in [0.2, 0.25) is 10.0 Å². The number of benzene rings is 1. The molecule has 0 amide bonds. The maximum absolute atomic E-state index is 12.2. The first-order chi connectivity index (χ1) is 8.82. The zero-order valence-electron chi connectivity index (χ0n) is 11.4. The minimum absolute atomic E-state index is 0.0447. The summed E-state index contributed by atoms with van der Waals surface area (Å²) in [5.74, 6) is 0.405. The van der Waals surface area contributed by atoms with Gasteiger partial charge in [0.05, 0.1) is 12.4 Å². The van der Waals surface area contributed by atoms with Crippen molar-refractivity contribution in [2.75, 3.05) is 0 Å². The monoisotopic (exact) mass is 283 g/mol. The number of nitrogens with one attached hydrogen (secondary N) is 1. The third-order valence-electron chi connectivity index (χ3n) is 3.55. The second-order valence-electron chi connectivity index (χ2n) is 5.84. The van der Waals surface area contributed by atoms with Crippen LogP contribution in [-0.2, 0) is 22.4 Å². The predicted molar refractivity (Wildman–Crippen MR) is 74.9 cm³/mol. The van der Waals surface area contributed by atoms with E-state index in [1.54, 1.807) is 24.3 Å². The van der Waals surface area contributed by atoms with Gasteiger partial charge in [-0.05, 0) is 43.7 Å². The maximum Gasteiger partial charge on any atom is 0.216 e. The first-order valence-electron chi connectivity index (χ1n) is 6.53. The predicted octanol–water partition coefficient (Wildman–Crippen LogP) is 1.79. The van der Waals surface area contributed by atoms with E-state index in [0.29, 0.717) is 11.5 Å². The van der Waals surface area contributed by atoms with Crippen molar-refractivity contribution >= 4 is 10.0 Å². The Balaban J connectivity index is 2.07. The number of rotatable bonds is 6. The summed E-state index contributed by atoms with van der Waals surface area (Å²) in [5, 5.41) is 9.06. The van der Waals surface area contributed by atoms with Gasteiger partial charge in [-0.3, -0.25) is 0 Å². The molecule has 1 aromatic rings. The van der Waals surface area contributed by atoms with Gasteiger partial charge in [0, 0.05) is 5.54 Å².